The smallest absolute Gasteiger partial charge is 0.321 e. The molecule has 1 aliphatic rings. The highest BCUT2D eigenvalue weighted by molar-refractivity contribution is 7.98. The van der Waals surface area contributed by atoms with E-state index in [4.69, 9.17) is 4.74 Å². The summed E-state index contributed by atoms with van der Waals surface area (Å²) in [6.45, 7) is 1.94. The lowest BCUT2D eigenvalue weighted by molar-refractivity contribution is -0.121. The topological polar surface area (TPSA) is 70.7 Å². The number of benzene rings is 2. The molecule has 0 aromatic heterocycles. The van der Waals surface area contributed by atoms with E-state index in [0.717, 1.165) is 42.8 Å². The van der Waals surface area contributed by atoms with Crippen LogP contribution in [0, 0.1) is 5.92 Å². The number of anilines is 1. The predicted octanol–water partition coefficient (Wildman–Crippen LogP) is 4.76. The van der Waals surface area contributed by atoms with Gasteiger partial charge in [0.25, 0.3) is 0 Å². The molecule has 0 bridgehead atoms. The number of ether oxygens (including phenoxy) is 1. The molecule has 3 amide bonds. The van der Waals surface area contributed by atoms with Gasteiger partial charge in [-0.15, -0.1) is 11.8 Å². The number of hydrogen-bond donors (Lipinski definition) is 2. The number of likely N-dealkylation sites (tertiary alicyclic amines) is 1. The number of rotatable bonds is 8. The Hall–Kier alpha value is -2.67. The SMILES string of the molecule is COc1cccc(CNC(=O)CC[C@H]2CCCN(C(=O)Nc3ccc(SC)cc3)C2)c1. The van der Waals surface area contributed by atoms with E-state index in [1.165, 1.54) is 4.90 Å². The van der Waals surface area contributed by atoms with Gasteiger partial charge in [-0.1, -0.05) is 12.1 Å². The summed E-state index contributed by atoms with van der Waals surface area (Å²) in [6.07, 6.45) is 5.31. The summed E-state index contributed by atoms with van der Waals surface area (Å²) >= 11 is 1.67. The van der Waals surface area contributed by atoms with Gasteiger partial charge in [0.2, 0.25) is 5.91 Å². The molecule has 0 spiro atoms. The molecule has 3 rings (SSSR count). The first-order valence-corrected chi connectivity index (χ1v) is 11.9. The summed E-state index contributed by atoms with van der Waals surface area (Å²) in [5.74, 6) is 1.17. The molecule has 2 aromatic carbocycles. The summed E-state index contributed by atoms with van der Waals surface area (Å²) in [6, 6.07) is 15.5. The molecular weight excluding hydrogens is 410 g/mol. The predicted molar refractivity (Wildman–Crippen MR) is 126 cm³/mol. The minimum Gasteiger partial charge on any atom is -0.497 e. The van der Waals surface area contributed by atoms with Gasteiger partial charge < -0.3 is 20.3 Å². The van der Waals surface area contributed by atoms with Crippen LogP contribution in [0.25, 0.3) is 0 Å². The Morgan fingerprint density at radius 3 is 2.74 bits per heavy atom. The minimum absolute atomic E-state index is 0.0401. The number of amides is 3. The highest BCUT2D eigenvalue weighted by Gasteiger charge is 2.24. The first-order valence-electron chi connectivity index (χ1n) is 10.7. The average Bonchev–Trinajstić information content (AvgIpc) is 2.82. The number of methoxy groups -OCH3 is 1. The number of hydrogen-bond acceptors (Lipinski definition) is 4. The highest BCUT2D eigenvalue weighted by Crippen LogP contribution is 2.23. The number of nitrogens with one attached hydrogen (secondary N) is 2. The fourth-order valence-electron chi connectivity index (χ4n) is 3.77. The number of piperidine rings is 1. The van der Waals surface area contributed by atoms with Crippen molar-refractivity contribution in [3.63, 3.8) is 0 Å². The van der Waals surface area contributed by atoms with Crippen molar-refractivity contribution >= 4 is 29.4 Å². The van der Waals surface area contributed by atoms with Gasteiger partial charge in [0.15, 0.2) is 0 Å². The van der Waals surface area contributed by atoms with Crippen molar-refractivity contribution in [2.75, 3.05) is 31.8 Å². The Balaban J connectivity index is 1.41. The van der Waals surface area contributed by atoms with Crippen LogP contribution in [-0.2, 0) is 11.3 Å². The molecule has 0 radical (unpaired) electrons. The fourth-order valence-corrected chi connectivity index (χ4v) is 4.18. The van der Waals surface area contributed by atoms with Crippen molar-refractivity contribution in [3.8, 4) is 5.75 Å². The second-order valence-electron chi connectivity index (χ2n) is 7.78. The first-order chi connectivity index (χ1) is 15.1. The second kappa shape index (κ2) is 11.6. The molecule has 166 valence electrons. The molecular formula is C24H31N3O3S. The van der Waals surface area contributed by atoms with E-state index in [0.29, 0.717) is 25.4 Å². The van der Waals surface area contributed by atoms with Crippen LogP contribution in [0.4, 0.5) is 10.5 Å². The van der Waals surface area contributed by atoms with Crippen LogP contribution in [0.5, 0.6) is 5.75 Å². The van der Waals surface area contributed by atoms with E-state index < -0.39 is 0 Å². The van der Waals surface area contributed by atoms with Gasteiger partial charge in [0, 0.05) is 36.6 Å². The van der Waals surface area contributed by atoms with Crippen LogP contribution in [0.1, 0.15) is 31.2 Å². The van der Waals surface area contributed by atoms with E-state index in [2.05, 4.69) is 10.6 Å². The number of carbonyl (C=O) groups excluding carboxylic acids is 2. The van der Waals surface area contributed by atoms with Crippen LogP contribution in [-0.4, -0.2) is 43.3 Å². The van der Waals surface area contributed by atoms with Crippen molar-refractivity contribution in [1.29, 1.82) is 0 Å². The lowest BCUT2D eigenvalue weighted by atomic mass is 9.93. The molecule has 2 N–H and O–H groups in total. The molecule has 0 aliphatic carbocycles. The standard InChI is InChI=1S/C24H31N3O3S/c1-30-21-7-3-5-19(15-21)16-25-23(28)13-8-18-6-4-14-27(17-18)24(29)26-20-9-11-22(31-2)12-10-20/h3,5,7,9-12,15,18H,4,6,8,13-14,16-17H2,1-2H3,(H,25,28)(H,26,29)/t18-/m1/s1. The number of thioether (sulfide) groups is 1. The summed E-state index contributed by atoms with van der Waals surface area (Å²) in [4.78, 5) is 28.0. The van der Waals surface area contributed by atoms with Crippen molar-refractivity contribution < 1.29 is 14.3 Å². The Bertz CT molecular complexity index is 873. The zero-order valence-corrected chi connectivity index (χ0v) is 19.0. The van der Waals surface area contributed by atoms with Crippen molar-refractivity contribution in [2.45, 2.75) is 37.1 Å². The lowest BCUT2D eigenvalue weighted by Gasteiger charge is -2.32. The lowest BCUT2D eigenvalue weighted by Crippen LogP contribution is -2.42. The van der Waals surface area contributed by atoms with Gasteiger partial charge in [-0.25, -0.2) is 4.79 Å². The maximum absolute atomic E-state index is 12.6. The van der Waals surface area contributed by atoms with Gasteiger partial charge >= 0.3 is 6.03 Å². The summed E-state index contributed by atoms with van der Waals surface area (Å²) < 4.78 is 5.21. The molecule has 1 aliphatic heterocycles. The third-order valence-corrected chi connectivity index (χ3v) is 6.29. The molecule has 31 heavy (non-hydrogen) atoms. The van der Waals surface area contributed by atoms with Gasteiger partial charge in [-0.05, 0) is 73.4 Å². The number of urea groups is 1. The van der Waals surface area contributed by atoms with E-state index in [1.54, 1.807) is 18.9 Å². The molecule has 1 saturated heterocycles. The van der Waals surface area contributed by atoms with Crippen molar-refractivity contribution in [2.24, 2.45) is 5.92 Å². The van der Waals surface area contributed by atoms with Gasteiger partial charge in [-0.3, -0.25) is 4.79 Å². The van der Waals surface area contributed by atoms with E-state index in [9.17, 15) is 9.59 Å². The van der Waals surface area contributed by atoms with Crippen LogP contribution >= 0.6 is 11.8 Å². The summed E-state index contributed by atoms with van der Waals surface area (Å²) in [7, 11) is 1.63. The zero-order chi connectivity index (χ0) is 22.1. The average molecular weight is 442 g/mol. The largest absolute Gasteiger partial charge is 0.497 e. The molecule has 1 fully saturated rings. The third-order valence-electron chi connectivity index (χ3n) is 5.55. The molecule has 2 aromatic rings. The Labute approximate surface area is 188 Å². The third kappa shape index (κ3) is 7.21. The van der Waals surface area contributed by atoms with E-state index >= 15 is 0 Å². The highest BCUT2D eigenvalue weighted by atomic mass is 32.2. The molecule has 6 nitrogen and oxygen atoms in total. The number of nitrogens with zero attached hydrogens (tertiary/aromatic N) is 1. The van der Waals surface area contributed by atoms with Crippen LogP contribution in [0.2, 0.25) is 0 Å². The maximum atomic E-state index is 12.6. The first kappa shape index (κ1) is 23.0. The second-order valence-corrected chi connectivity index (χ2v) is 8.66. The van der Waals surface area contributed by atoms with Gasteiger partial charge in [0.1, 0.15) is 5.75 Å². The molecule has 0 saturated carbocycles. The Morgan fingerprint density at radius 2 is 2.00 bits per heavy atom. The van der Waals surface area contributed by atoms with E-state index in [1.807, 2.05) is 59.7 Å². The summed E-state index contributed by atoms with van der Waals surface area (Å²) in [5.41, 5.74) is 1.82. The summed E-state index contributed by atoms with van der Waals surface area (Å²) in [5, 5.41) is 5.96. The normalized spacial score (nSPS) is 15.9. The maximum Gasteiger partial charge on any atom is 0.321 e. The van der Waals surface area contributed by atoms with E-state index in [-0.39, 0.29) is 11.9 Å². The minimum atomic E-state index is -0.0657. The van der Waals surface area contributed by atoms with Crippen LogP contribution in [0.3, 0.4) is 0 Å². The van der Waals surface area contributed by atoms with Crippen LogP contribution < -0.4 is 15.4 Å². The Morgan fingerprint density at radius 1 is 1.19 bits per heavy atom. The van der Waals surface area contributed by atoms with Gasteiger partial charge in [-0.2, -0.15) is 0 Å². The molecule has 1 atom stereocenters. The monoisotopic (exact) mass is 441 g/mol. The van der Waals surface area contributed by atoms with Crippen LogP contribution in [0.15, 0.2) is 53.4 Å². The quantitative estimate of drug-likeness (QED) is 0.580. The Kier molecular flexibility index (Phi) is 8.64. The van der Waals surface area contributed by atoms with Gasteiger partial charge in [0.05, 0.1) is 7.11 Å². The molecule has 0 unspecified atom stereocenters. The fraction of sp³-hybridized carbons (Fsp3) is 0.417. The zero-order valence-electron chi connectivity index (χ0n) is 18.2. The number of carbonyl (C=O) groups is 2. The molecule has 1 heterocycles. The van der Waals surface area contributed by atoms with Crippen molar-refractivity contribution in [1.82, 2.24) is 10.2 Å². The van der Waals surface area contributed by atoms with Crippen molar-refractivity contribution in [3.05, 3.63) is 54.1 Å². The molecule has 7 heteroatoms.